The van der Waals surface area contributed by atoms with Gasteiger partial charge in [-0.3, -0.25) is 0 Å². The van der Waals surface area contributed by atoms with Crippen LogP contribution >= 0.6 is 0 Å². The van der Waals surface area contributed by atoms with E-state index in [1.807, 2.05) is 0 Å². The third-order valence-corrected chi connectivity index (χ3v) is 2.75. The third kappa shape index (κ3) is 3.19. The molecule has 2 atom stereocenters. The van der Waals surface area contributed by atoms with Gasteiger partial charge in [0.1, 0.15) is 11.1 Å². The largest absolute Gasteiger partial charge is 0.511 e. The molecule has 1 saturated heterocycles. The minimum absolute atomic E-state index is 0.200. The Morgan fingerprint density at radius 1 is 1.50 bits per heavy atom. The van der Waals surface area contributed by atoms with Crippen molar-refractivity contribution in [3.8, 4) is 0 Å². The highest BCUT2D eigenvalue weighted by atomic mass is 17.0. The molecule has 1 aliphatic rings. The Balaban J connectivity index is 1.83. The normalized spacial score (nSPS) is 19.9. The molecule has 0 aliphatic carbocycles. The molecule has 1 aliphatic heterocycles. The summed E-state index contributed by atoms with van der Waals surface area (Å²) in [4.78, 5) is 28.4. The van der Waals surface area contributed by atoms with Gasteiger partial charge in [-0.15, -0.1) is 0 Å². The Labute approximate surface area is 114 Å². The molecule has 114 valence electrons. The van der Waals surface area contributed by atoms with E-state index >= 15 is 0 Å². The van der Waals surface area contributed by atoms with Crippen LogP contribution in [0.25, 0.3) is 0 Å². The first-order chi connectivity index (χ1) is 9.52. The predicted octanol–water partition coefficient (Wildman–Crippen LogP) is 0.0153. The summed E-state index contributed by atoms with van der Waals surface area (Å²) in [6.07, 6.45) is -0.486. The molecule has 0 bridgehead atoms. The fourth-order valence-electron chi connectivity index (χ4n) is 1.89. The molecule has 1 N–H and O–H groups in total. The van der Waals surface area contributed by atoms with E-state index in [4.69, 9.17) is 19.3 Å². The SMILES string of the molecule is CCOC(=O)OC(C)On1on1N1CCC[C@H]1C(=O)O. The van der Waals surface area contributed by atoms with Gasteiger partial charge in [0.15, 0.2) is 0 Å². The molecule has 10 nitrogen and oxygen atoms in total. The van der Waals surface area contributed by atoms with E-state index in [-0.39, 0.29) is 6.61 Å². The molecule has 10 heteroatoms. The number of carbonyl (C=O) groups is 2. The topological polar surface area (TPSA) is 108 Å². The number of nitrogens with zero attached hydrogens (tertiary/aromatic N) is 3. The van der Waals surface area contributed by atoms with Gasteiger partial charge >= 0.3 is 12.1 Å². The molecule has 2 rings (SSSR count). The molecule has 0 spiro atoms. The van der Waals surface area contributed by atoms with Crippen molar-refractivity contribution < 1.29 is 33.6 Å². The molecular weight excluding hydrogens is 274 g/mol. The van der Waals surface area contributed by atoms with Crippen LogP contribution in [0.5, 0.6) is 0 Å². The maximum Gasteiger partial charge on any atom is 0.511 e. The van der Waals surface area contributed by atoms with Gasteiger partial charge in [-0.05, 0) is 19.8 Å². The first-order valence-corrected chi connectivity index (χ1v) is 6.30. The molecule has 1 fully saturated rings. The third-order valence-electron chi connectivity index (χ3n) is 2.75. The lowest BCUT2D eigenvalue weighted by Crippen LogP contribution is -2.43. The number of aliphatic carboxylic acids is 1. The van der Waals surface area contributed by atoms with Crippen molar-refractivity contribution in [3.63, 3.8) is 0 Å². The van der Waals surface area contributed by atoms with Crippen LogP contribution in [0, 0.1) is 0 Å². The minimum atomic E-state index is -0.926. The van der Waals surface area contributed by atoms with Crippen LogP contribution in [-0.2, 0) is 14.3 Å². The average Bonchev–Trinajstić information content (AvgIpc) is 2.93. The van der Waals surface area contributed by atoms with Crippen LogP contribution in [0.1, 0.15) is 26.7 Å². The van der Waals surface area contributed by atoms with E-state index in [9.17, 15) is 9.59 Å². The summed E-state index contributed by atoms with van der Waals surface area (Å²) in [7, 11) is 0. The van der Waals surface area contributed by atoms with E-state index in [0.29, 0.717) is 13.0 Å². The highest BCUT2D eigenvalue weighted by molar-refractivity contribution is 5.75. The lowest BCUT2D eigenvalue weighted by atomic mass is 10.2. The molecule has 1 unspecified atom stereocenters. The smallest absolute Gasteiger partial charge is 0.480 e. The molecule has 0 radical (unpaired) electrons. The van der Waals surface area contributed by atoms with Gasteiger partial charge in [0.05, 0.1) is 11.6 Å². The summed E-state index contributed by atoms with van der Waals surface area (Å²) in [5.41, 5.74) is 0. The molecule has 20 heavy (non-hydrogen) atoms. The van der Waals surface area contributed by atoms with Crippen LogP contribution in [0.15, 0.2) is 4.63 Å². The second-order valence-electron chi connectivity index (χ2n) is 4.21. The van der Waals surface area contributed by atoms with Crippen molar-refractivity contribution in [1.29, 1.82) is 0 Å². The fourth-order valence-corrected chi connectivity index (χ4v) is 1.89. The Hall–Kier alpha value is -2.26. The zero-order valence-electron chi connectivity index (χ0n) is 11.2. The second kappa shape index (κ2) is 5.80. The highest BCUT2D eigenvalue weighted by Gasteiger charge is 2.37. The number of aromatic nitrogens is 2. The van der Waals surface area contributed by atoms with Gasteiger partial charge in [0, 0.05) is 13.5 Å². The van der Waals surface area contributed by atoms with Crippen molar-refractivity contribution >= 4 is 12.1 Å². The van der Waals surface area contributed by atoms with Gasteiger partial charge in [-0.1, -0.05) is 0 Å². The number of rotatable bonds is 6. The van der Waals surface area contributed by atoms with Gasteiger partial charge < -0.3 is 19.4 Å². The van der Waals surface area contributed by atoms with Gasteiger partial charge in [0.2, 0.25) is 0 Å². The van der Waals surface area contributed by atoms with E-state index in [2.05, 4.69) is 4.74 Å². The summed E-state index contributed by atoms with van der Waals surface area (Å²) in [5, 5.41) is 11.5. The van der Waals surface area contributed by atoms with Crippen molar-refractivity contribution in [3.05, 3.63) is 0 Å². The first-order valence-electron chi connectivity index (χ1n) is 6.30. The van der Waals surface area contributed by atoms with Crippen molar-refractivity contribution in [2.24, 2.45) is 0 Å². The quantitative estimate of drug-likeness (QED) is 0.577. The molecular formula is C10H17N3O7. The van der Waals surface area contributed by atoms with Gasteiger partial charge in [-0.25, -0.2) is 14.6 Å². The number of carboxylic acids is 1. The Morgan fingerprint density at radius 3 is 2.90 bits per heavy atom. The van der Waals surface area contributed by atoms with E-state index < -0.39 is 24.5 Å². The lowest BCUT2D eigenvalue weighted by Gasteiger charge is -2.15. The average molecular weight is 291 g/mol. The molecule has 0 amide bonds. The predicted molar refractivity (Wildman–Crippen MR) is 62.6 cm³/mol. The van der Waals surface area contributed by atoms with Crippen LogP contribution in [0.2, 0.25) is 0 Å². The zero-order valence-corrected chi connectivity index (χ0v) is 11.2. The maximum atomic E-state index is 11.0. The maximum absolute atomic E-state index is 11.0. The molecule has 1 aromatic heterocycles. The summed E-state index contributed by atoms with van der Waals surface area (Å²) >= 11 is 0. The molecule has 0 aromatic carbocycles. The van der Waals surface area contributed by atoms with Crippen molar-refractivity contribution in [1.82, 2.24) is 9.98 Å². The number of hydrogen-bond acceptors (Lipinski definition) is 7. The monoisotopic (exact) mass is 291 g/mol. The number of hydrogen-bond donors (Lipinski definition) is 1. The standard InChI is InChI=1S/C10H17N3O7/c1-3-17-10(16)18-7(2)19-13-12(20-13)11-6-4-5-8(11)9(14)15/h7-8H,3-6H2,1-2H3,(H,14,15)/t7?,8-,12?,13?/m0/s1. The molecule has 2 heterocycles. The summed E-state index contributed by atoms with van der Waals surface area (Å²) in [6, 6.07) is -0.648. The highest BCUT2D eigenvalue weighted by Crippen LogP contribution is 2.17. The van der Waals surface area contributed by atoms with Gasteiger partial charge in [0.25, 0.3) is 6.29 Å². The molecule has 1 aromatic rings. The first kappa shape index (κ1) is 14.2. The summed E-state index contributed by atoms with van der Waals surface area (Å²) in [5.74, 6) is -0.922. The van der Waals surface area contributed by atoms with Crippen LogP contribution < -0.4 is 9.85 Å². The second-order valence-corrected chi connectivity index (χ2v) is 4.21. The van der Waals surface area contributed by atoms with Crippen LogP contribution in [0.4, 0.5) is 4.79 Å². The van der Waals surface area contributed by atoms with Crippen molar-refractivity contribution in [2.75, 3.05) is 18.2 Å². The Bertz CT molecular complexity index is 462. The van der Waals surface area contributed by atoms with Gasteiger partial charge in [-0.2, -0.15) is 4.63 Å². The van der Waals surface area contributed by atoms with E-state index in [0.717, 1.165) is 11.4 Å². The summed E-state index contributed by atoms with van der Waals surface area (Å²) in [6.45, 7) is 3.88. The molecule has 0 saturated carbocycles. The minimum Gasteiger partial charge on any atom is -0.480 e. The lowest BCUT2D eigenvalue weighted by molar-refractivity contribution is -0.139. The van der Waals surface area contributed by atoms with E-state index in [1.165, 1.54) is 16.9 Å². The van der Waals surface area contributed by atoms with Crippen LogP contribution in [-0.4, -0.2) is 52.7 Å². The number of ether oxygens (including phenoxy) is 2. The Morgan fingerprint density at radius 2 is 2.25 bits per heavy atom. The zero-order chi connectivity index (χ0) is 14.7. The van der Waals surface area contributed by atoms with E-state index in [1.54, 1.807) is 6.92 Å². The Kier molecular flexibility index (Phi) is 4.11. The number of carboxylic acid groups (broad SMARTS) is 1. The summed E-state index contributed by atoms with van der Waals surface area (Å²) < 4.78 is 14.3. The van der Waals surface area contributed by atoms with Crippen molar-refractivity contribution in [2.45, 2.75) is 39.0 Å². The fraction of sp³-hybridized carbons (Fsp3) is 0.800. The number of carbonyl (C=O) groups excluding carboxylic acids is 1. The van der Waals surface area contributed by atoms with Crippen LogP contribution in [0.3, 0.4) is 0 Å².